The molecule has 1 rings (SSSR count). The van der Waals surface area contributed by atoms with Crippen LogP contribution in [0.25, 0.3) is 0 Å². The van der Waals surface area contributed by atoms with Crippen LogP contribution in [0.5, 0.6) is 0 Å². The van der Waals surface area contributed by atoms with Gasteiger partial charge in [-0.25, -0.2) is 4.79 Å². The number of carbonyl (C=O) groups is 1. The summed E-state index contributed by atoms with van der Waals surface area (Å²) < 4.78 is 10.6. The lowest BCUT2D eigenvalue weighted by Gasteiger charge is -2.33. The summed E-state index contributed by atoms with van der Waals surface area (Å²) in [5.74, 6) is 0. The molecule has 0 aromatic rings. The topological polar surface area (TPSA) is 38.8 Å². The fourth-order valence-corrected chi connectivity index (χ4v) is 1.56. The first-order valence-corrected chi connectivity index (χ1v) is 5.44. The minimum Gasteiger partial charge on any atom is -0.445 e. The van der Waals surface area contributed by atoms with Crippen LogP contribution in [0.1, 0.15) is 33.6 Å². The van der Waals surface area contributed by atoms with E-state index in [-0.39, 0.29) is 12.1 Å². The Kier molecular flexibility index (Phi) is 4.02. The number of hydrogen-bond acceptors (Lipinski definition) is 3. The van der Waals surface area contributed by atoms with E-state index in [0.29, 0.717) is 0 Å². The third-order valence-corrected chi connectivity index (χ3v) is 2.42. The third kappa shape index (κ3) is 4.12. The number of ether oxygens (including phenoxy) is 2. The summed E-state index contributed by atoms with van der Waals surface area (Å²) in [6.07, 6.45) is 1.56. The van der Waals surface area contributed by atoms with Crippen molar-refractivity contribution in [3.63, 3.8) is 0 Å². The molecule has 0 spiro atoms. The zero-order valence-corrected chi connectivity index (χ0v) is 10.1. The Bertz CT molecular complexity index is 221. The van der Waals surface area contributed by atoms with E-state index in [1.54, 1.807) is 12.8 Å². The molecule has 0 atom stereocenters. The SMILES string of the molecule is BN(C(=O)OC(C)(C)C)C1CCOCC1. The summed E-state index contributed by atoms with van der Waals surface area (Å²) >= 11 is 0. The molecule has 5 heteroatoms. The molecule has 1 saturated heterocycles. The molecule has 0 bridgehead atoms. The maximum Gasteiger partial charge on any atom is 0.397 e. The summed E-state index contributed by atoms with van der Waals surface area (Å²) in [5, 5.41) is 0. The Morgan fingerprint density at radius 1 is 1.40 bits per heavy atom. The Labute approximate surface area is 92.3 Å². The maximum absolute atomic E-state index is 11.7. The Morgan fingerprint density at radius 2 is 1.93 bits per heavy atom. The summed E-state index contributed by atoms with van der Waals surface area (Å²) in [5.41, 5.74) is -0.420. The van der Waals surface area contributed by atoms with E-state index in [1.807, 2.05) is 20.8 Å². The summed E-state index contributed by atoms with van der Waals surface area (Å²) in [6, 6.07) is 0.258. The van der Waals surface area contributed by atoms with Crippen molar-refractivity contribution in [1.29, 1.82) is 0 Å². The largest absolute Gasteiger partial charge is 0.445 e. The predicted octanol–water partition coefficient (Wildman–Crippen LogP) is 0.951. The van der Waals surface area contributed by atoms with Gasteiger partial charge in [-0.05, 0) is 33.6 Å². The lowest BCUT2D eigenvalue weighted by Crippen LogP contribution is -2.44. The van der Waals surface area contributed by atoms with Crippen molar-refractivity contribution in [2.75, 3.05) is 13.2 Å². The van der Waals surface area contributed by atoms with Gasteiger partial charge >= 0.3 is 6.09 Å². The molecule has 0 aromatic carbocycles. The van der Waals surface area contributed by atoms with Gasteiger partial charge in [0.15, 0.2) is 0 Å². The molecule has 0 radical (unpaired) electrons. The van der Waals surface area contributed by atoms with Gasteiger partial charge in [0.05, 0.1) is 0 Å². The Morgan fingerprint density at radius 3 is 2.40 bits per heavy atom. The summed E-state index contributed by atoms with van der Waals surface area (Å²) in [6.45, 7) is 7.10. The fourth-order valence-electron chi connectivity index (χ4n) is 1.56. The second-order valence-electron chi connectivity index (χ2n) is 4.93. The number of nitrogens with zero attached hydrogens (tertiary/aromatic N) is 1. The lowest BCUT2D eigenvalue weighted by atomic mass is 10.0. The standard InChI is InChI=1S/C10H20BNO3/c1-10(2,3)15-9(13)12(11)8-4-6-14-7-5-8/h8H,4-7,11H2,1-3H3. The second-order valence-corrected chi connectivity index (χ2v) is 4.93. The second kappa shape index (κ2) is 4.88. The first-order chi connectivity index (χ1) is 6.90. The van der Waals surface area contributed by atoms with Gasteiger partial charge in [0.2, 0.25) is 7.98 Å². The zero-order valence-electron chi connectivity index (χ0n) is 10.1. The van der Waals surface area contributed by atoms with E-state index in [2.05, 4.69) is 0 Å². The smallest absolute Gasteiger partial charge is 0.397 e. The molecule has 1 aliphatic rings. The molecule has 1 aliphatic heterocycles. The summed E-state index contributed by atoms with van der Waals surface area (Å²) in [7, 11) is 1.80. The highest BCUT2D eigenvalue weighted by Gasteiger charge is 2.25. The Balaban J connectivity index is 2.44. The highest BCUT2D eigenvalue weighted by molar-refractivity contribution is 6.13. The fraction of sp³-hybridized carbons (Fsp3) is 0.900. The maximum atomic E-state index is 11.7. The summed E-state index contributed by atoms with van der Waals surface area (Å²) in [4.78, 5) is 13.4. The minimum atomic E-state index is -0.420. The highest BCUT2D eigenvalue weighted by atomic mass is 16.6. The number of carbonyl (C=O) groups excluding carboxylic acids is 1. The van der Waals surface area contributed by atoms with Crippen LogP contribution in [-0.2, 0) is 9.47 Å². The number of rotatable bonds is 1. The van der Waals surface area contributed by atoms with Crippen LogP contribution in [0.15, 0.2) is 0 Å². The average molecular weight is 213 g/mol. The van der Waals surface area contributed by atoms with E-state index < -0.39 is 5.60 Å². The van der Waals surface area contributed by atoms with Gasteiger partial charge in [-0.3, -0.25) is 0 Å². The molecule has 0 saturated carbocycles. The first kappa shape index (κ1) is 12.4. The van der Waals surface area contributed by atoms with Crippen molar-refractivity contribution in [3.8, 4) is 0 Å². The molecular weight excluding hydrogens is 193 g/mol. The highest BCUT2D eigenvalue weighted by Crippen LogP contribution is 2.16. The van der Waals surface area contributed by atoms with Gasteiger partial charge in [-0.2, -0.15) is 0 Å². The average Bonchev–Trinajstić information content (AvgIpc) is 2.15. The van der Waals surface area contributed by atoms with E-state index in [1.165, 1.54) is 0 Å². The number of amides is 1. The zero-order chi connectivity index (χ0) is 11.5. The van der Waals surface area contributed by atoms with Crippen molar-refractivity contribution >= 4 is 14.1 Å². The number of hydrogen-bond donors (Lipinski definition) is 0. The predicted molar refractivity (Wildman–Crippen MR) is 60.5 cm³/mol. The molecule has 15 heavy (non-hydrogen) atoms. The van der Waals surface area contributed by atoms with E-state index in [0.717, 1.165) is 26.1 Å². The lowest BCUT2D eigenvalue weighted by molar-refractivity contribution is 0.0169. The molecule has 1 fully saturated rings. The molecule has 0 aromatic heterocycles. The van der Waals surface area contributed by atoms with Crippen molar-refractivity contribution in [3.05, 3.63) is 0 Å². The molecule has 4 nitrogen and oxygen atoms in total. The normalized spacial score (nSPS) is 18.6. The van der Waals surface area contributed by atoms with Gasteiger partial charge in [-0.15, -0.1) is 0 Å². The molecule has 0 unspecified atom stereocenters. The van der Waals surface area contributed by atoms with Crippen LogP contribution in [0.2, 0.25) is 0 Å². The van der Waals surface area contributed by atoms with Crippen LogP contribution in [0, 0.1) is 0 Å². The molecule has 0 aliphatic carbocycles. The van der Waals surface area contributed by atoms with Crippen molar-refractivity contribution in [1.82, 2.24) is 4.81 Å². The van der Waals surface area contributed by atoms with E-state index in [9.17, 15) is 4.79 Å². The van der Waals surface area contributed by atoms with Crippen LogP contribution >= 0.6 is 0 Å². The van der Waals surface area contributed by atoms with Gasteiger partial charge in [0.25, 0.3) is 0 Å². The molecule has 86 valence electrons. The van der Waals surface area contributed by atoms with E-state index in [4.69, 9.17) is 9.47 Å². The van der Waals surface area contributed by atoms with Gasteiger partial charge in [0, 0.05) is 19.3 Å². The van der Waals surface area contributed by atoms with Crippen LogP contribution in [-0.4, -0.2) is 43.7 Å². The van der Waals surface area contributed by atoms with Gasteiger partial charge in [-0.1, -0.05) is 0 Å². The third-order valence-electron chi connectivity index (χ3n) is 2.42. The molecule has 0 N–H and O–H groups in total. The molecule has 1 amide bonds. The first-order valence-electron chi connectivity index (χ1n) is 5.44. The van der Waals surface area contributed by atoms with Crippen LogP contribution in [0.4, 0.5) is 4.79 Å². The van der Waals surface area contributed by atoms with Gasteiger partial charge in [0.1, 0.15) is 5.60 Å². The van der Waals surface area contributed by atoms with Crippen molar-refractivity contribution in [2.24, 2.45) is 0 Å². The van der Waals surface area contributed by atoms with E-state index >= 15 is 0 Å². The van der Waals surface area contributed by atoms with Crippen LogP contribution in [0.3, 0.4) is 0 Å². The molecule has 1 heterocycles. The van der Waals surface area contributed by atoms with Crippen molar-refractivity contribution in [2.45, 2.75) is 45.3 Å². The van der Waals surface area contributed by atoms with Gasteiger partial charge < -0.3 is 14.3 Å². The Hall–Kier alpha value is -0.705. The molecular formula is C10H20BNO3. The quantitative estimate of drug-likeness (QED) is 0.608. The van der Waals surface area contributed by atoms with Crippen molar-refractivity contribution < 1.29 is 14.3 Å². The minimum absolute atomic E-state index is 0.241. The monoisotopic (exact) mass is 213 g/mol. The van der Waals surface area contributed by atoms with Crippen LogP contribution < -0.4 is 0 Å².